The predicted molar refractivity (Wildman–Crippen MR) is 116 cm³/mol. The van der Waals surface area contributed by atoms with Crippen molar-refractivity contribution in [2.24, 2.45) is 5.92 Å². The van der Waals surface area contributed by atoms with Crippen molar-refractivity contribution in [3.63, 3.8) is 0 Å². The van der Waals surface area contributed by atoms with Gasteiger partial charge in [0.05, 0.1) is 12.0 Å². The molecule has 0 saturated heterocycles. The molecule has 154 valence electrons. The number of hydrogen-bond acceptors (Lipinski definition) is 4. The van der Waals surface area contributed by atoms with Gasteiger partial charge in [-0.2, -0.15) is 5.10 Å². The average molecular weight is 412 g/mol. The minimum absolute atomic E-state index is 0.0425. The van der Waals surface area contributed by atoms with Gasteiger partial charge in [0.15, 0.2) is 5.69 Å². The first-order valence-electron chi connectivity index (χ1n) is 10.0. The molecule has 1 saturated carbocycles. The first-order valence-corrected chi connectivity index (χ1v) is 10.0. The number of rotatable bonds is 6. The van der Waals surface area contributed by atoms with Crippen LogP contribution in [-0.4, -0.2) is 31.1 Å². The quantitative estimate of drug-likeness (QED) is 0.505. The van der Waals surface area contributed by atoms with Gasteiger partial charge in [-0.05, 0) is 49.2 Å². The number of carbonyl (C=O) groups excluding carboxylic acids is 2. The third-order valence-corrected chi connectivity index (χ3v) is 5.07. The van der Waals surface area contributed by atoms with Gasteiger partial charge in [0.1, 0.15) is 5.82 Å². The fraction of sp³-hybridized carbons (Fsp3) is 0.130. The van der Waals surface area contributed by atoms with Crippen LogP contribution in [0, 0.1) is 5.92 Å². The summed E-state index contributed by atoms with van der Waals surface area (Å²) >= 11 is 0. The topological polar surface area (TPSA) is 93.8 Å². The normalized spacial score (nSPS) is 13.0. The van der Waals surface area contributed by atoms with Crippen molar-refractivity contribution >= 4 is 23.3 Å². The summed E-state index contributed by atoms with van der Waals surface area (Å²) in [6.07, 6.45) is 7.06. The lowest BCUT2D eigenvalue weighted by Crippen LogP contribution is -2.16. The lowest BCUT2D eigenvalue weighted by atomic mass is 10.2. The molecule has 1 fully saturated rings. The van der Waals surface area contributed by atoms with Gasteiger partial charge < -0.3 is 15.2 Å². The van der Waals surface area contributed by atoms with E-state index in [1.54, 1.807) is 23.3 Å². The maximum absolute atomic E-state index is 12.8. The van der Waals surface area contributed by atoms with Crippen molar-refractivity contribution in [3.8, 4) is 11.4 Å². The summed E-state index contributed by atoms with van der Waals surface area (Å²) in [4.78, 5) is 29.2. The highest BCUT2D eigenvalue weighted by atomic mass is 16.2. The first-order chi connectivity index (χ1) is 15.2. The molecule has 0 spiro atoms. The number of nitrogens with zero attached hydrogens (tertiary/aromatic N) is 4. The highest BCUT2D eigenvalue weighted by Crippen LogP contribution is 2.30. The van der Waals surface area contributed by atoms with Crippen LogP contribution in [0.4, 0.5) is 11.5 Å². The summed E-state index contributed by atoms with van der Waals surface area (Å²) in [7, 11) is 0. The van der Waals surface area contributed by atoms with E-state index in [9.17, 15) is 9.59 Å². The molecule has 0 atom stereocenters. The zero-order valence-corrected chi connectivity index (χ0v) is 16.6. The van der Waals surface area contributed by atoms with Crippen molar-refractivity contribution in [2.45, 2.75) is 12.8 Å². The smallest absolute Gasteiger partial charge is 0.276 e. The van der Waals surface area contributed by atoms with E-state index in [-0.39, 0.29) is 23.4 Å². The molecule has 4 aromatic rings. The van der Waals surface area contributed by atoms with E-state index in [2.05, 4.69) is 20.7 Å². The van der Waals surface area contributed by atoms with Crippen molar-refractivity contribution in [1.29, 1.82) is 0 Å². The SMILES string of the molecule is O=C(Nc1ccc(-n2ccnc2)cc1)c1cc(NC(=O)C2CC2)n(-c2ccccc2)n1. The predicted octanol–water partition coefficient (Wildman–Crippen LogP) is 3.66. The standard InChI is InChI=1S/C23H20N6O2/c30-22(16-6-7-16)26-21-14-20(27-29(21)19-4-2-1-3-5-19)23(31)25-17-8-10-18(11-9-17)28-13-12-24-15-28/h1-5,8-16H,6-7H2,(H,25,31)(H,26,30). The Labute approximate surface area is 178 Å². The number of imidazole rings is 1. The van der Waals surface area contributed by atoms with Gasteiger partial charge in [0, 0.05) is 35.8 Å². The molecule has 2 amide bonds. The molecule has 5 rings (SSSR count). The summed E-state index contributed by atoms with van der Waals surface area (Å²) in [5.41, 5.74) is 2.56. The van der Waals surface area contributed by atoms with E-state index in [0.29, 0.717) is 11.5 Å². The fourth-order valence-corrected chi connectivity index (χ4v) is 3.24. The second-order valence-electron chi connectivity index (χ2n) is 7.40. The number of anilines is 2. The number of carbonyl (C=O) groups is 2. The molecule has 0 aliphatic heterocycles. The number of benzene rings is 2. The van der Waals surface area contributed by atoms with Crippen LogP contribution < -0.4 is 10.6 Å². The molecule has 1 aliphatic rings. The molecule has 8 heteroatoms. The van der Waals surface area contributed by atoms with Gasteiger partial charge in [-0.1, -0.05) is 18.2 Å². The number of amides is 2. The largest absolute Gasteiger partial charge is 0.321 e. The van der Waals surface area contributed by atoms with Crippen molar-refractivity contribution in [2.75, 3.05) is 10.6 Å². The van der Waals surface area contributed by atoms with Crippen LogP contribution >= 0.6 is 0 Å². The van der Waals surface area contributed by atoms with Crippen LogP contribution in [0.1, 0.15) is 23.3 Å². The van der Waals surface area contributed by atoms with E-state index >= 15 is 0 Å². The van der Waals surface area contributed by atoms with Crippen LogP contribution in [0.2, 0.25) is 0 Å². The Bertz CT molecular complexity index is 1210. The maximum Gasteiger partial charge on any atom is 0.276 e. The molecule has 31 heavy (non-hydrogen) atoms. The van der Waals surface area contributed by atoms with Gasteiger partial charge in [-0.3, -0.25) is 9.59 Å². The number of para-hydroxylation sites is 1. The highest BCUT2D eigenvalue weighted by Gasteiger charge is 2.30. The highest BCUT2D eigenvalue weighted by molar-refractivity contribution is 6.04. The zero-order valence-electron chi connectivity index (χ0n) is 16.6. The number of hydrogen-bond donors (Lipinski definition) is 2. The molecule has 2 N–H and O–H groups in total. The van der Waals surface area contributed by atoms with Crippen LogP contribution in [-0.2, 0) is 4.79 Å². The molecule has 2 aromatic carbocycles. The number of aromatic nitrogens is 4. The summed E-state index contributed by atoms with van der Waals surface area (Å²) in [6.45, 7) is 0. The Balaban J connectivity index is 1.38. The van der Waals surface area contributed by atoms with E-state index in [1.807, 2.05) is 65.4 Å². The van der Waals surface area contributed by atoms with Crippen LogP contribution in [0.25, 0.3) is 11.4 Å². The van der Waals surface area contributed by atoms with Crippen molar-refractivity contribution in [3.05, 3.63) is 85.1 Å². The van der Waals surface area contributed by atoms with E-state index in [4.69, 9.17) is 0 Å². The Morgan fingerprint density at radius 3 is 2.39 bits per heavy atom. The first kappa shape index (κ1) is 18.8. The Kier molecular flexibility index (Phi) is 4.80. The number of nitrogens with one attached hydrogen (secondary N) is 2. The second kappa shape index (κ2) is 7.91. The molecule has 0 bridgehead atoms. The summed E-state index contributed by atoms with van der Waals surface area (Å²) in [5, 5.41) is 10.2. The summed E-state index contributed by atoms with van der Waals surface area (Å²) < 4.78 is 3.46. The molecule has 2 heterocycles. The molecular weight excluding hydrogens is 392 g/mol. The maximum atomic E-state index is 12.8. The average Bonchev–Trinajstić information content (AvgIpc) is 3.34. The summed E-state index contributed by atoms with van der Waals surface area (Å²) in [5.74, 6) is 0.125. The molecule has 8 nitrogen and oxygen atoms in total. The minimum atomic E-state index is -0.355. The minimum Gasteiger partial charge on any atom is -0.321 e. The Hall–Kier alpha value is -4.20. The van der Waals surface area contributed by atoms with Crippen LogP contribution in [0.15, 0.2) is 79.4 Å². The van der Waals surface area contributed by atoms with Gasteiger partial charge in [-0.25, -0.2) is 9.67 Å². The van der Waals surface area contributed by atoms with E-state index in [0.717, 1.165) is 24.2 Å². The second-order valence-corrected chi connectivity index (χ2v) is 7.40. The lowest BCUT2D eigenvalue weighted by Gasteiger charge is -2.08. The van der Waals surface area contributed by atoms with E-state index < -0.39 is 0 Å². The third kappa shape index (κ3) is 4.09. The summed E-state index contributed by atoms with van der Waals surface area (Å²) in [6, 6.07) is 18.4. The monoisotopic (exact) mass is 412 g/mol. The van der Waals surface area contributed by atoms with Crippen molar-refractivity contribution < 1.29 is 9.59 Å². The lowest BCUT2D eigenvalue weighted by molar-refractivity contribution is -0.117. The Morgan fingerprint density at radius 2 is 1.71 bits per heavy atom. The molecule has 0 radical (unpaired) electrons. The van der Waals surface area contributed by atoms with Crippen LogP contribution in [0.3, 0.4) is 0 Å². The molecule has 0 unspecified atom stereocenters. The fourth-order valence-electron chi connectivity index (χ4n) is 3.24. The van der Waals surface area contributed by atoms with Crippen molar-refractivity contribution in [1.82, 2.24) is 19.3 Å². The zero-order chi connectivity index (χ0) is 21.2. The van der Waals surface area contributed by atoms with Crippen LogP contribution in [0.5, 0.6) is 0 Å². The third-order valence-electron chi connectivity index (χ3n) is 5.07. The van der Waals surface area contributed by atoms with Gasteiger partial charge >= 0.3 is 0 Å². The Morgan fingerprint density at radius 1 is 0.935 bits per heavy atom. The van der Waals surface area contributed by atoms with Gasteiger partial charge in [0.25, 0.3) is 5.91 Å². The van der Waals surface area contributed by atoms with E-state index in [1.165, 1.54) is 0 Å². The molecular formula is C23H20N6O2. The van der Waals surface area contributed by atoms with Gasteiger partial charge in [-0.15, -0.1) is 0 Å². The van der Waals surface area contributed by atoms with Gasteiger partial charge in [0.2, 0.25) is 5.91 Å². The molecule has 2 aromatic heterocycles. The molecule has 1 aliphatic carbocycles.